The fourth-order valence-corrected chi connectivity index (χ4v) is 4.71. The van der Waals surface area contributed by atoms with E-state index in [1.807, 2.05) is 36.2 Å². The fraction of sp³-hybridized carbons (Fsp3) is 0.444. The highest BCUT2D eigenvalue weighted by Gasteiger charge is 2.47. The highest BCUT2D eigenvalue weighted by Crippen LogP contribution is 2.37. The van der Waals surface area contributed by atoms with Crippen LogP contribution in [0.15, 0.2) is 24.3 Å². The second-order valence-electron chi connectivity index (χ2n) is 7.45. The summed E-state index contributed by atoms with van der Waals surface area (Å²) >= 11 is 6.05. The summed E-state index contributed by atoms with van der Waals surface area (Å²) in [5, 5.41) is 13.4. The van der Waals surface area contributed by atoms with Gasteiger partial charge in [-0.25, -0.2) is 4.68 Å². The summed E-state index contributed by atoms with van der Waals surface area (Å²) in [4.78, 5) is 20.7. The molecule has 2 bridgehead atoms. The van der Waals surface area contributed by atoms with Gasteiger partial charge in [-0.05, 0) is 48.0 Å². The minimum Gasteiger partial charge on any atom is -0.351 e. The lowest BCUT2D eigenvalue weighted by Gasteiger charge is -2.36. The van der Waals surface area contributed by atoms with Crippen molar-refractivity contribution in [3.8, 4) is 0 Å². The first-order valence-electron chi connectivity index (χ1n) is 9.08. The number of fused-ring (bicyclic) bond motifs is 3. The second-order valence-corrected chi connectivity index (χ2v) is 7.89. The molecule has 4 heterocycles. The average Bonchev–Trinajstić information content (AvgIpc) is 3.42. The van der Waals surface area contributed by atoms with Crippen LogP contribution in [0.5, 0.6) is 0 Å². The van der Waals surface area contributed by atoms with Crippen LogP contribution in [0.2, 0.25) is 5.02 Å². The first-order valence-corrected chi connectivity index (χ1v) is 9.46. The van der Waals surface area contributed by atoms with E-state index in [-0.39, 0.29) is 18.0 Å². The number of halogens is 1. The van der Waals surface area contributed by atoms with Crippen LogP contribution in [0.25, 0.3) is 10.9 Å². The zero-order valence-electron chi connectivity index (χ0n) is 15.1. The highest BCUT2D eigenvalue weighted by molar-refractivity contribution is 6.31. The molecule has 1 aromatic carbocycles. The van der Waals surface area contributed by atoms with Crippen molar-refractivity contribution >= 4 is 28.4 Å². The maximum atomic E-state index is 13.1. The third-order valence-corrected chi connectivity index (χ3v) is 6.12. The van der Waals surface area contributed by atoms with E-state index in [0.717, 1.165) is 36.2 Å². The summed E-state index contributed by atoms with van der Waals surface area (Å²) in [5.41, 5.74) is 1.55. The Balaban J connectivity index is 1.34. The fourth-order valence-electron chi connectivity index (χ4n) is 4.53. The number of rotatable bonds is 3. The molecular weight excluding hydrogens is 366 g/mol. The highest BCUT2D eigenvalue weighted by atomic mass is 35.5. The number of nitrogens with zero attached hydrogens (tertiary/aromatic N) is 6. The molecule has 8 nitrogen and oxygen atoms in total. The molecule has 27 heavy (non-hydrogen) atoms. The van der Waals surface area contributed by atoms with E-state index in [4.69, 9.17) is 11.6 Å². The molecule has 0 aliphatic carbocycles. The molecule has 9 heteroatoms. The van der Waals surface area contributed by atoms with E-state index < -0.39 is 0 Å². The molecule has 0 spiro atoms. The molecule has 0 saturated carbocycles. The number of aromatic nitrogens is 5. The molecule has 140 valence electrons. The number of aromatic amines is 1. The van der Waals surface area contributed by atoms with Crippen LogP contribution in [-0.2, 0) is 7.05 Å². The number of carbonyl (C=O) groups excluding carboxylic acids is 1. The van der Waals surface area contributed by atoms with Crippen molar-refractivity contribution in [2.75, 3.05) is 13.1 Å². The van der Waals surface area contributed by atoms with Crippen LogP contribution >= 0.6 is 11.6 Å². The Hall–Kier alpha value is -2.45. The summed E-state index contributed by atoms with van der Waals surface area (Å²) in [5.74, 6) is 0.912. The molecule has 3 atom stereocenters. The van der Waals surface area contributed by atoms with Gasteiger partial charge in [-0.1, -0.05) is 11.6 Å². The maximum absolute atomic E-state index is 13.1. The third-order valence-electron chi connectivity index (χ3n) is 5.88. The minimum absolute atomic E-state index is 0.0578. The predicted molar refractivity (Wildman–Crippen MR) is 100 cm³/mol. The Bertz CT molecular complexity index is 1030. The maximum Gasteiger partial charge on any atom is 0.270 e. The monoisotopic (exact) mass is 385 g/mol. The van der Waals surface area contributed by atoms with Crippen LogP contribution in [-0.4, -0.2) is 66.1 Å². The summed E-state index contributed by atoms with van der Waals surface area (Å²) in [6, 6.07) is 8.19. The van der Waals surface area contributed by atoms with Crippen LogP contribution in [0, 0.1) is 0 Å². The van der Waals surface area contributed by atoms with Crippen molar-refractivity contribution in [3.63, 3.8) is 0 Å². The van der Waals surface area contributed by atoms with Gasteiger partial charge in [0.15, 0.2) is 5.82 Å². The molecule has 2 saturated heterocycles. The Morgan fingerprint density at radius 2 is 2.15 bits per heavy atom. The Kier molecular flexibility index (Phi) is 3.73. The molecule has 2 fully saturated rings. The Labute approximate surface area is 161 Å². The molecule has 2 aliphatic heterocycles. The summed E-state index contributed by atoms with van der Waals surface area (Å²) < 4.78 is 1.72. The number of hydrogen-bond acceptors (Lipinski definition) is 5. The molecular formula is C18H20ClN7O. The number of piperazine rings is 1. The molecule has 5 rings (SSSR count). The van der Waals surface area contributed by atoms with Gasteiger partial charge in [0.2, 0.25) is 0 Å². The van der Waals surface area contributed by atoms with Gasteiger partial charge >= 0.3 is 0 Å². The van der Waals surface area contributed by atoms with Crippen LogP contribution < -0.4 is 0 Å². The zero-order valence-corrected chi connectivity index (χ0v) is 15.9. The van der Waals surface area contributed by atoms with Crippen molar-refractivity contribution in [1.29, 1.82) is 0 Å². The van der Waals surface area contributed by atoms with Crippen LogP contribution in [0.3, 0.4) is 0 Å². The lowest BCUT2D eigenvalue weighted by atomic mass is 10.2. The number of carbonyl (C=O) groups is 1. The van der Waals surface area contributed by atoms with Gasteiger partial charge in [0, 0.05) is 48.1 Å². The van der Waals surface area contributed by atoms with Crippen molar-refractivity contribution in [3.05, 3.63) is 40.8 Å². The van der Waals surface area contributed by atoms with Gasteiger partial charge in [0.25, 0.3) is 5.91 Å². The molecule has 0 radical (unpaired) electrons. The lowest BCUT2D eigenvalue weighted by Crippen LogP contribution is -2.49. The number of benzene rings is 1. The van der Waals surface area contributed by atoms with Crippen LogP contribution in [0.1, 0.15) is 35.7 Å². The minimum atomic E-state index is 0.0578. The standard InChI is InChI=1S/C18H20ClN7O/c1-10(17-21-22-23-24(17)2)25-8-14-7-13(25)9-26(14)18(27)16-6-11-5-12(19)3-4-15(11)20-16/h3-6,10,13-14,20H,7-9H2,1-2H3/t10?,13-,14-/m0/s1. The quantitative estimate of drug-likeness (QED) is 0.745. The molecule has 3 aromatic rings. The van der Waals surface area contributed by atoms with Gasteiger partial charge in [-0.3, -0.25) is 9.69 Å². The third kappa shape index (κ3) is 2.62. The molecule has 2 aliphatic rings. The molecule has 1 unspecified atom stereocenters. The number of hydrogen-bond donors (Lipinski definition) is 1. The Morgan fingerprint density at radius 3 is 2.85 bits per heavy atom. The topological polar surface area (TPSA) is 82.9 Å². The molecule has 1 amide bonds. The predicted octanol–water partition coefficient (Wildman–Crippen LogP) is 2.00. The van der Waals surface area contributed by atoms with Gasteiger partial charge < -0.3 is 9.88 Å². The largest absolute Gasteiger partial charge is 0.351 e. The van der Waals surface area contributed by atoms with Crippen molar-refractivity contribution in [2.24, 2.45) is 7.05 Å². The normalized spacial score (nSPS) is 23.4. The van der Waals surface area contributed by atoms with E-state index in [1.165, 1.54) is 0 Å². The number of likely N-dealkylation sites (tertiary alicyclic amines) is 2. The Morgan fingerprint density at radius 1 is 1.30 bits per heavy atom. The van der Waals surface area contributed by atoms with Gasteiger partial charge in [0.1, 0.15) is 5.69 Å². The molecule has 1 N–H and O–H groups in total. The first kappa shape index (κ1) is 16.7. The van der Waals surface area contributed by atoms with E-state index in [9.17, 15) is 4.79 Å². The van der Waals surface area contributed by atoms with Crippen molar-refractivity contribution in [2.45, 2.75) is 31.5 Å². The summed E-state index contributed by atoms with van der Waals surface area (Å²) in [7, 11) is 1.86. The van der Waals surface area contributed by atoms with E-state index >= 15 is 0 Å². The summed E-state index contributed by atoms with van der Waals surface area (Å²) in [6.45, 7) is 3.70. The van der Waals surface area contributed by atoms with Crippen molar-refractivity contribution in [1.82, 2.24) is 35.0 Å². The van der Waals surface area contributed by atoms with E-state index in [2.05, 4.69) is 32.3 Å². The smallest absolute Gasteiger partial charge is 0.270 e. The second kappa shape index (κ2) is 6.03. The number of nitrogens with one attached hydrogen (secondary N) is 1. The van der Waals surface area contributed by atoms with E-state index in [0.29, 0.717) is 16.8 Å². The van der Waals surface area contributed by atoms with Gasteiger partial charge in [0.05, 0.1) is 6.04 Å². The molecule has 2 aromatic heterocycles. The first-order chi connectivity index (χ1) is 13.0. The van der Waals surface area contributed by atoms with Gasteiger partial charge in [-0.15, -0.1) is 5.10 Å². The number of aryl methyl sites for hydroxylation is 1. The zero-order chi connectivity index (χ0) is 18.7. The summed E-state index contributed by atoms with van der Waals surface area (Å²) in [6.07, 6.45) is 0.993. The van der Waals surface area contributed by atoms with Crippen molar-refractivity contribution < 1.29 is 4.79 Å². The van der Waals surface area contributed by atoms with Crippen LogP contribution in [0.4, 0.5) is 0 Å². The van der Waals surface area contributed by atoms with Gasteiger partial charge in [-0.2, -0.15) is 0 Å². The number of tetrazole rings is 1. The number of amides is 1. The number of H-pyrrole nitrogens is 1. The lowest BCUT2D eigenvalue weighted by molar-refractivity contribution is 0.0554. The van der Waals surface area contributed by atoms with E-state index in [1.54, 1.807) is 4.68 Å². The SMILES string of the molecule is CC(c1nnnn1C)N1C[C@@H]2C[C@H]1CN2C(=O)c1cc2cc(Cl)ccc2[nH]1. The average molecular weight is 386 g/mol.